The van der Waals surface area contributed by atoms with Crippen LogP contribution in [0.2, 0.25) is 0 Å². The minimum Gasteiger partial charge on any atom is -0.368 e. The van der Waals surface area contributed by atoms with Crippen molar-refractivity contribution in [2.24, 2.45) is 0 Å². The number of hydrogen-bond acceptors (Lipinski definition) is 4. The van der Waals surface area contributed by atoms with E-state index in [2.05, 4.69) is 0 Å². The normalized spacial score (nSPS) is 19.4. The summed E-state index contributed by atoms with van der Waals surface area (Å²) in [4.78, 5) is 0. The molecule has 0 aromatic carbocycles. The van der Waals surface area contributed by atoms with Gasteiger partial charge in [-0.05, 0) is 20.3 Å². The Kier molecular flexibility index (Phi) is 5.41. The summed E-state index contributed by atoms with van der Waals surface area (Å²) in [5.41, 5.74) is 0. The van der Waals surface area contributed by atoms with Crippen LogP contribution < -0.4 is 0 Å². The molecule has 0 bridgehead atoms. The molecule has 0 saturated heterocycles. The van der Waals surface area contributed by atoms with Crippen molar-refractivity contribution < 1.29 is 19.7 Å². The third-order valence-corrected chi connectivity index (χ3v) is 1.03. The van der Waals surface area contributed by atoms with Crippen LogP contribution in [0.15, 0.2) is 0 Å². The minimum atomic E-state index is -0.862. The second kappa shape index (κ2) is 5.49. The molecule has 0 fully saturated rings. The van der Waals surface area contributed by atoms with Gasteiger partial charge in [-0.25, -0.2) is 0 Å². The van der Waals surface area contributed by atoms with Crippen LogP contribution in [-0.2, 0) is 9.47 Å². The van der Waals surface area contributed by atoms with Crippen molar-refractivity contribution in [3.63, 3.8) is 0 Å². The highest BCUT2D eigenvalue weighted by atomic mass is 16.8. The standard InChI is InChI=1S/C7H16O4/c1-4-7(10-5(2)8)11-6(3)9/h5-9H,4H2,1-3H3. The summed E-state index contributed by atoms with van der Waals surface area (Å²) in [6.07, 6.45) is -1.66. The van der Waals surface area contributed by atoms with E-state index in [9.17, 15) is 0 Å². The first-order chi connectivity index (χ1) is 5.06. The van der Waals surface area contributed by atoms with Gasteiger partial charge in [0.2, 0.25) is 0 Å². The summed E-state index contributed by atoms with van der Waals surface area (Å²) in [7, 11) is 0. The third kappa shape index (κ3) is 6.25. The summed E-state index contributed by atoms with van der Waals surface area (Å²) in [6.45, 7) is 4.83. The smallest absolute Gasteiger partial charge is 0.163 e. The van der Waals surface area contributed by atoms with E-state index in [1.807, 2.05) is 6.92 Å². The maximum absolute atomic E-state index is 8.78. The Bertz CT molecular complexity index is 82.4. The summed E-state index contributed by atoms with van der Waals surface area (Å²) in [6, 6.07) is 0. The third-order valence-electron chi connectivity index (χ3n) is 1.03. The second-order valence-electron chi connectivity index (χ2n) is 2.31. The van der Waals surface area contributed by atoms with Crippen LogP contribution in [0, 0.1) is 0 Å². The number of aliphatic hydroxyl groups is 2. The van der Waals surface area contributed by atoms with Gasteiger partial charge in [0.15, 0.2) is 18.9 Å². The van der Waals surface area contributed by atoms with Crippen LogP contribution >= 0.6 is 0 Å². The highest BCUT2D eigenvalue weighted by Gasteiger charge is 2.11. The largest absolute Gasteiger partial charge is 0.368 e. The monoisotopic (exact) mass is 164 g/mol. The zero-order valence-electron chi connectivity index (χ0n) is 7.15. The van der Waals surface area contributed by atoms with Gasteiger partial charge in [0.1, 0.15) is 0 Å². The Hall–Kier alpha value is -0.160. The maximum Gasteiger partial charge on any atom is 0.163 e. The first-order valence-corrected chi connectivity index (χ1v) is 3.73. The molecule has 2 N–H and O–H groups in total. The van der Waals surface area contributed by atoms with E-state index in [4.69, 9.17) is 19.7 Å². The Morgan fingerprint density at radius 3 is 1.64 bits per heavy atom. The molecule has 0 aromatic rings. The van der Waals surface area contributed by atoms with Gasteiger partial charge >= 0.3 is 0 Å². The second-order valence-corrected chi connectivity index (χ2v) is 2.31. The molecule has 2 atom stereocenters. The summed E-state index contributed by atoms with van der Waals surface area (Å²) >= 11 is 0. The van der Waals surface area contributed by atoms with Crippen molar-refractivity contribution in [2.75, 3.05) is 0 Å². The molecule has 68 valence electrons. The van der Waals surface area contributed by atoms with Crippen molar-refractivity contribution in [3.05, 3.63) is 0 Å². The van der Waals surface area contributed by atoms with Gasteiger partial charge in [0, 0.05) is 0 Å². The lowest BCUT2D eigenvalue weighted by atomic mass is 10.5. The molecule has 2 unspecified atom stereocenters. The van der Waals surface area contributed by atoms with Gasteiger partial charge in [0.05, 0.1) is 0 Å². The topological polar surface area (TPSA) is 58.9 Å². The molecular weight excluding hydrogens is 148 g/mol. The average Bonchev–Trinajstić information content (AvgIpc) is 1.84. The highest BCUT2D eigenvalue weighted by molar-refractivity contribution is 4.40. The molecule has 0 heterocycles. The Morgan fingerprint density at radius 1 is 1.09 bits per heavy atom. The minimum absolute atomic E-state index is 0.532. The van der Waals surface area contributed by atoms with Gasteiger partial charge < -0.3 is 19.7 Å². The van der Waals surface area contributed by atoms with E-state index in [1.54, 1.807) is 0 Å². The maximum atomic E-state index is 8.78. The molecule has 0 aliphatic heterocycles. The molecule has 4 nitrogen and oxygen atoms in total. The van der Waals surface area contributed by atoms with E-state index < -0.39 is 18.9 Å². The SMILES string of the molecule is CCC(OC(C)O)OC(C)O. The van der Waals surface area contributed by atoms with E-state index in [1.165, 1.54) is 13.8 Å². The zero-order valence-corrected chi connectivity index (χ0v) is 7.15. The average molecular weight is 164 g/mol. The Balaban J connectivity index is 3.58. The lowest BCUT2D eigenvalue weighted by Gasteiger charge is -2.19. The molecule has 0 amide bonds. The van der Waals surface area contributed by atoms with E-state index >= 15 is 0 Å². The molecule has 0 spiro atoms. The van der Waals surface area contributed by atoms with Crippen LogP contribution in [0.3, 0.4) is 0 Å². The van der Waals surface area contributed by atoms with Crippen molar-refractivity contribution >= 4 is 0 Å². The van der Waals surface area contributed by atoms with E-state index in [-0.39, 0.29) is 0 Å². The van der Waals surface area contributed by atoms with Crippen LogP contribution in [0.4, 0.5) is 0 Å². The fourth-order valence-corrected chi connectivity index (χ4v) is 0.664. The lowest BCUT2D eigenvalue weighted by Crippen LogP contribution is -2.25. The zero-order chi connectivity index (χ0) is 8.85. The number of rotatable bonds is 5. The van der Waals surface area contributed by atoms with Crippen LogP contribution in [0.5, 0.6) is 0 Å². The first kappa shape index (κ1) is 10.8. The molecule has 4 heteroatoms. The van der Waals surface area contributed by atoms with Gasteiger partial charge in [-0.1, -0.05) is 6.92 Å². The molecule has 0 aromatic heterocycles. The Morgan fingerprint density at radius 2 is 1.45 bits per heavy atom. The molecule has 11 heavy (non-hydrogen) atoms. The summed E-state index contributed by atoms with van der Waals surface area (Å²) in [5.74, 6) is 0. The molecule has 0 radical (unpaired) electrons. The predicted octanol–water partition coefficient (Wildman–Crippen LogP) is 0.432. The van der Waals surface area contributed by atoms with E-state index in [0.717, 1.165) is 0 Å². The molecule has 0 rings (SSSR count). The summed E-state index contributed by atoms with van der Waals surface area (Å²) < 4.78 is 9.77. The Labute approximate surface area is 66.7 Å². The van der Waals surface area contributed by atoms with Crippen LogP contribution in [0.25, 0.3) is 0 Å². The lowest BCUT2D eigenvalue weighted by molar-refractivity contribution is -0.267. The van der Waals surface area contributed by atoms with Gasteiger partial charge in [-0.2, -0.15) is 0 Å². The van der Waals surface area contributed by atoms with Crippen LogP contribution in [0.1, 0.15) is 27.2 Å². The number of aliphatic hydroxyl groups excluding tert-OH is 2. The molecule has 0 saturated carbocycles. The first-order valence-electron chi connectivity index (χ1n) is 3.73. The molecule has 0 aliphatic rings. The van der Waals surface area contributed by atoms with Crippen molar-refractivity contribution in [1.82, 2.24) is 0 Å². The quantitative estimate of drug-likeness (QED) is 0.578. The summed E-state index contributed by atoms with van der Waals surface area (Å²) in [5, 5.41) is 17.6. The molecule has 0 aliphatic carbocycles. The molecular formula is C7H16O4. The van der Waals surface area contributed by atoms with Gasteiger partial charge in [-0.3, -0.25) is 0 Å². The number of hydrogen-bond donors (Lipinski definition) is 2. The fourth-order valence-electron chi connectivity index (χ4n) is 0.664. The highest BCUT2D eigenvalue weighted by Crippen LogP contribution is 2.04. The van der Waals surface area contributed by atoms with Gasteiger partial charge in [-0.15, -0.1) is 0 Å². The van der Waals surface area contributed by atoms with Crippen LogP contribution in [-0.4, -0.2) is 29.1 Å². The fraction of sp³-hybridized carbons (Fsp3) is 1.00. The number of ether oxygens (including phenoxy) is 2. The van der Waals surface area contributed by atoms with Crippen molar-refractivity contribution in [3.8, 4) is 0 Å². The van der Waals surface area contributed by atoms with Crippen molar-refractivity contribution in [1.29, 1.82) is 0 Å². The predicted molar refractivity (Wildman–Crippen MR) is 39.6 cm³/mol. The van der Waals surface area contributed by atoms with Crippen molar-refractivity contribution in [2.45, 2.75) is 46.1 Å². The van der Waals surface area contributed by atoms with E-state index in [0.29, 0.717) is 6.42 Å². The van der Waals surface area contributed by atoms with Gasteiger partial charge in [0.25, 0.3) is 0 Å².